The smallest absolute Gasteiger partial charge is 0.341 e. The lowest BCUT2D eigenvalue weighted by Gasteiger charge is -2.08. The molecular weight excluding hydrogens is 388 g/mol. The summed E-state index contributed by atoms with van der Waals surface area (Å²) in [5.41, 5.74) is 0.974. The predicted octanol–water partition coefficient (Wildman–Crippen LogP) is 4.32. The van der Waals surface area contributed by atoms with Crippen molar-refractivity contribution in [1.29, 1.82) is 0 Å². The molecule has 0 saturated carbocycles. The first-order valence-electron chi connectivity index (χ1n) is 5.15. The van der Waals surface area contributed by atoms with Gasteiger partial charge in [-0.15, -0.1) is 0 Å². The van der Waals surface area contributed by atoms with E-state index in [1.54, 1.807) is 19.1 Å². The Morgan fingerprint density at radius 2 is 2.17 bits per heavy atom. The normalized spacial score (nSPS) is 10.7. The second-order valence-corrected chi connectivity index (χ2v) is 5.47. The van der Waals surface area contributed by atoms with Gasteiger partial charge in [0.25, 0.3) is 0 Å². The van der Waals surface area contributed by atoms with Crippen LogP contribution in [0, 0.1) is 3.57 Å². The zero-order valence-corrected chi connectivity index (χ0v) is 13.0. The summed E-state index contributed by atoms with van der Waals surface area (Å²) in [6.45, 7) is 2.03. The Hall–Kier alpha value is -0.590. The molecule has 0 amide bonds. The second-order valence-electron chi connectivity index (χ2n) is 3.49. The highest BCUT2D eigenvalue weighted by atomic mass is 127. The van der Waals surface area contributed by atoms with Crippen molar-refractivity contribution >= 4 is 62.7 Å². The highest BCUT2D eigenvalue weighted by molar-refractivity contribution is 14.1. The van der Waals surface area contributed by atoms with Crippen LogP contribution >= 0.6 is 45.8 Å². The summed E-state index contributed by atoms with van der Waals surface area (Å²) in [4.78, 5) is 15.9. The molecular formula is C12H8Cl2INO2. The second kappa shape index (κ2) is 5.59. The highest BCUT2D eigenvalue weighted by Gasteiger charge is 2.16. The fourth-order valence-corrected chi connectivity index (χ4v) is 2.98. The molecule has 0 aliphatic carbocycles. The molecule has 0 N–H and O–H groups in total. The summed E-state index contributed by atoms with van der Waals surface area (Å²) in [6, 6.07) is 3.48. The summed E-state index contributed by atoms with van der Waals surface area (Å²) in [7, 11) is 0. The first-order valence-corrected chi connectivity index (χ1v) is 6.98. The highest BCUT2D eigenvalue weighted by Crippen LogP contribution is 2.31. The Kier molecular flexibility index (Phi) is 4.29. The van der Waals surface area contributed by atoms with E-state index >= 15 is 0 Å². The number of aromatic nitrogens is 1. The molecule has 0 fully saturated rings. The van der Waals surface area contributed by atoms with Gasteiger partial charge in [0.1, 0.15) is 0 Å². The van der Waals surface area contributed by atoms with Gasteiger partial charge in [-0.05, 0) is 41.6 Å². The van der Waals surface area contributed by atoms with Crippen molar-refractivity contribution in [3.05, 3.63) is 37.5 Å². The Balaban J connectivity index is 2.67. The van der Waals surface area contributed by atoms with Crippen LogP contribution in [0.15, 0.2) is 18.3 Å². The molecule has 1 heterocycles. The molecule has 2 aromatic rings. The van der Waals surface area contributed by atoms with Crippen molar-refractivity contribution in [2.75, 3.05) is 6.61 Å². The molecule has 0 saturated heterocycles. The fourth-order valence-electron chi connectivity index (χ4n) is 1.55. The molecule has 0 unspecified atom stereocenters. The minimum absolute atomic E-state index is 0.254. The Morgan fingerprint density at radius 3 is 2.83 bits per heavy atom. The number of fused-ring (bicyclic) bond motifs is 1. The Bertz CT molecular complexity index is 631. The van der Waals surface area contributed by atoms with Crippen LogP contribution < -0.4 is 0 Å². The van der Waals surface area contributed by atoms with Crippen LogP contribution in [-0.4, -0.2) is 17.6 Å². The van der Waals surface area contributed by atoms with Gasteiger partial charge in [-0.25, -0.2) is 4.79 Å². The zero-order chi connectivity index (χ0) is 13.3. The van der Waals surface area contributed by atoms with Crippen molar-refractivity contribution in [2.24, 2.45) is 0 Å². The van der Waals surface area contributed by atoms with Crippen LogP contribution in [0.5, 0.6) is 0 Å². The summed E-state index contributed by atoms with van der Waals surface area (Å²) in [5, 5.41) is 1.52. The van der Waals surface area contributed by atoms with E-state index in [4.69, 9.17) is 27.9 Å². The molecule has 6 heteroatoms. The molecule has 0 aliphatic heterocycles. The number of carbonyl (C=O) groups excluding carboxylic acids is 1. The molecule has 3 nitrogen and oxygen atoms in total. The maximum atomic E-state index is 11.7. The van der Waals surface area contributed by atoms with Crippen LogP contribution in [0.2, 0.25) is 10.0 Å². The number of ether oxygens (including phenoxy) is 1. The van der Waals surface area contributed by atoms with Gasteiger partial charge in [0.2, 0.25) is 0 Å². The van der Waals surface area contributed by atoms with E-state index in [0.29, 0.717) is 22.0 Å². The number of benzene rings is 1. The minimum atomic E-state index is -0.480. The van der Waals surface area contributed by atoms with Gasteiger partial charge >= 0.3 is 5.97 Å². The van der Waals surface area contributed by atoms with Crippen molar-refractivity contribution in [1.82, 2.24) is 4.98 Å². The van der Waals surface area contributed by atoms with Gasteiger partial charge in [-0.2, -0.15) is 0 Å². The lowest BCUT2D eigenvalue weighted by molar-refractivity contribution is 0.0526. The quantitative estimate of drug-likeness (QED) is 0.561. The predicted molar refractivity (Wildman–Crippen MR) is 80.4 cm³/mol. The van der Waals surface area contributed by atoms with E-state index in [0.717, 1.165) is 9.09 Å². The van der Waals surface area contributed by atoms with E-state index in [9.17, 15) is 4.79 Å². The zero-order valence-electron chi connectivity index (χ0n) is 9.34. The first kappa shape index (κ1) is 13.8. The van der Waals surface area contributed by atoms with Crippen LogP contribution in [0.1, 0.15) is 17.3 Å². The summed E-state index contributed by atoms with van der Waals surface area (Å²) in [6.07, 6.45) is 1.43. The topological polar surface area (TPSA) is 39.2 Å². The number of nitrogens with zero attached hydrogens (tertiary/aromatic N) is 1. The van der Waals surface area contributed by atoms with E-state index < -0.39 is 5.97 Å². The third kappa shape index (κ3) is 2.55. The lowest BCUT2D eigenvalue weighted by atomic mass is 10.1. The molecule has 0 bridgehead atoms. The Morgan fingerprint density at radius 1 is 1.44 bits per heavy atom. The molecule has 2 rings (SSSR count). The van der Waals surface area contributed by atoms with Crippen molar-refractivity contribution in [3.63, 3.8) is 0 Å². The van der Waals surface area contributed by atoms with Gasteiger partial charge in [-0.1, -0.05) is 23.2 Å². The van der Waals surface area contributed by atoms with E-state index in [1.165, 1.54) is 6.20 Å². The van der Waals surface area contributed by atoms with Crippen LogP contribution in [-0.2, 0) is 4.74 Å². The number of rotatable bonds is 2. The summed E-state index contributed by atoms with van der Waals surface area (Å²) >= 11 is 14.3. The van der Waals surface area contributed by atoms with Gasteiger partial charge < -0.3 is 4.74 Å². The average molecular weight is 396 g/mol. The van der Waals surface area contributed by atoms with Crippen molar-refractivity contribution in [2.45, 2.75) is 6.92 Å². The number of esters is 1. The average Bonchev–Trinajstić information content (AvgIpc) is 2.30. The van der Waals surface area contributed by atoms with Gasteiger partial charge in [-0.3, -0.25) is 4.98 Å². The minimum Gasteiger partial charge on any atom is -0.462 e. The molecule has 0 radical (unpaired) electrons. The molecule has 0 aliphatic rings. The van der Waals surface area contributed by atoms with Gasteiger partial charge in [0.05, 0.1) is 22.7 Å². The third-order valence-corrected chi connectivity index (χ3v) is 3.77. The van der Waals surface area contributed by atoms with Gasteiger partial charge in [0, 0.05) is 20.2 Å². The van der Waals surface area contributed by atoms with Gasteiger partial charge in [0.15, 0.2) is 0 Å². The van der Waals surface area contributed by atoms with Crippen molar-refractivity contribution < 1.29 is 9.53 Å². The Labute approximate surface area is 128 Å². The number of hydrogen-bond acceptors (Lipinski definition) is 3. The third-order valence-electron chi connectivity index (χ3n) is 2.32. The molecule has 1 aromatic heterocycles. The monoisotopic (exact) mass is 395 g/mol. The SMILES string of the molecule is CCOC(=O)c1cnc2c(I)cc(Cl)cc2c1Cl. The van der Waals surface area contributed by atoms with Crippen molar-refractivity contribution in [3.8, 4) is 0 Å². The summed E-state index contributed by atoms with van der Waals surface area (Å²) in [5.74, 6) is -0.480. The summed E-state index contributed by atoms with van der Waals surface area (Å²) < 4.78 is 5.80. The molecule has 18 heavy (non-hydrogen) atoms. The van der Waals surface area contributed by atoms with Crippen LogP contribution in [0.4, 0.5) is 0 Å². The maximum absolute atomic E-state index is 11.7. The fraction of sp³-hybridized carbons (Fsp3) is 0.167. The first-order chi connectivity index (χ1) is 8.54. The van der Waals surface area contributed by atoms with Crippen LogP contribution in [0.3, 0.4) is 0 Å². The molecule has 0 atom stereocenters. The van der Waals surface area contributed by atoms with Crippen LogP contribution in [0.25, 0.3) is 10.9 Å². The molecule has 1 aromatic carbocycles. The largest absolute Gasteiger partial charge is 0.462 e. The maximum Gasteiger partial charge on any atom is 0.341 e. The molecule has 94 valence electrons. The number of hydrogen-bond donors (Lipinski definition) is 0. The van der Waals surface area contributed by atoms with E-state index in [-0.39, 0.29) is 5.56 Å². The number of halogens is 3. The lowest BCUT2D eigenvalue weighted by Crippen LogP contribution is -2.06. The van der Waals surface area contributed by atoms with E-state index in [1.807, 2.05) is 0 Å². The van der Waals surface area contributed by atoms with E-state index in [2.05, 4.69) is 27.6 Å². The number of pyridine rings is 1. The number of carbonyl (C=O) groups is 1. The molecule has 0 spiro atoms. The standard InChI is InChI=1S/C12H8Cl2INO2/c1-2-18-12(17)8-5-16-11-7(10(8)14)3-6(13)4-9(11)15/h3-5H,2H2,1H3.